The van der Waals surface area contributed by atoms with Crippen LogP contribution in [0.3, 0.4) is 0 Å². The predicted octanol–water partition coefficient (Wildman–Crippen LogP) is 2.60. The fourth-order valence-electron chi connectivity index (χ4n) is 3.66. The van der Waals surface area contributed by atoms with Gasteiger partial charge in [-0.1, -0.05) is 30.3 Å². The van der Waals surface area contributed by atoms with Gasteiger partial charge in [0.05, 0.1) is 4.92 Å². The molecule has 7 nitrogen and oxygen atoms in total. The van der Waals surface area contributed by atoms with E-state index in [1.54, 1.807) is 30.1 Å². The molecular formula is C19H18N4O3. The second kappa shape index (κ2) is 6.25. The molecule has 0 aliphatic heterocycles. The summed E-state index contributed by atoms with van der Waals surface area (Å²) in [6, 6.07) is 13.4. The molecule has 0 saturated heterocycles. The molecule has 1 atom stereocenters. The largest absolute Gasteiger partial charge is 0.376 e. The van der Waals surface area contributed by atoms with Crippen molar-refractivity contribution < 1.29 is 4.92 Å². The Kier molecular flexibility index (Phi) is 3.91. The molecule has 0 bridgehead atoms. The normalized spacial score (nSPS) is 16.3. The number of pyridine rings is 1. The minimum absolute atomic E-state index is 0.0571. The Balaban J connectivity index is 1.80. The Labute approximate surface area is 149 Å². The maximum Gasteiger partial charge on any atom is 0.376 e. The summed E-state index contributed by atoms with van der Waals surface area (Å²) in [7, 11) is 1.78. The topological polar surface area (TPSA) is 80.8 Å². The Morgan fingerprint density at radius 3 is 2.69 bits per heavy atom. The van der Waals surface area contributed by atoms with Gasteiger partial charge in [-0.15, -0.1) is 0 Å². The molecular weight excluding hydrogens is 332 g/mol. The molecule has 0 saturated carbocycles. The van der Waals surface area contributed by atoms with Gasteiger partial charge in [0.2, 0.25) is 5.82 Å². The monoisotopic (exact) mass is 350 g/mol. The van der Waals surface area contributed by atoms with Crippen molar-refractivity contribution in [2.24, 2.45) is 0 Å². The SMILES string of the molecule is CN(c1nc2ccccn2c(=O)c1[N+](=O)[O-])C1CCc2ccccc2C1. The smallest absolute Gasteiger partial charge is 0.350 e. The lowest BCUT2D eigenvalue weighted by Gasteiger charge is -2.32. The lowest BCUT2D eigenvalue weighted by molar-refractivity contribution is -0.385. The molecule has 0 amide bonds. The van der Waals surface area contributed by atoms with Gasteiger partial charge in [0.15, 0.2) is 0 Å². The fraction of sp³-hybridized carbons (Fsp3) is 0.263. The highest BCUT2D eigenvalue weighted by atomic mass is 16.6. The van der Waals surface area contributed by atoms with Crippen LogP contribution in [0.4, 0.5) is 11.5 Å². The van der Waals surface area contributed by atoms with Crippen LogP contribution in [-0.2, 0) is 12.8 Å². The zero-order valence-electron chi connectivity index (χ0n) is 14.3. The van der Waals surface area contributed by atoms with E-state index in [0.717, 1.165) is 19.3 Å². The number of aromatic nitrogens is 2. The van der Waals surface area contributed by atoms with E-state index in [1.807, 2.05) is 12.1 Å². The lowest BCUT2D eigenvalue weighted by Crippen LogP contribution is -2.38. The Morgan fingerprint density at radius 2 is 1.92 bits per heavy atom. The predicted molar refractivity (Wildman–Crippen MR) is 98.8 cm³/mol. The highest BCUT2D eigenvalue weighted by molar-refractivity contribution is 5.61. The maximum atomic E-state index is 12.6. The summed E-state index contributed by atoms with van der Waals surface area (Å²) in [5.74, 6) is 0.135. The molecule has 0 fully saturated rings. The Bertz CT molecular complexity index is 1060. The van der Waals surface area contributed by atoms with Gasteiger partial charge in [0, 0.05) is 19.3 Å². The molecule has 4 rings (SSSR count). The van der Waals surface area contributed by atoms with Crippen LogP contribution in [0, 0.1) is 10.1 Å². The number of fused-ring (bicyclic) bond motifs is 2. The Morgan fingerprint density at radius 1 is 1.19 bits per heavy atom. The summed E-state index contributed by atoms with van der Waals surface area (Å²) in [5.41, 5.74) is 1.84. The molecule has 1 aliphatic rings. The average Bonchev–Trinajstić information content (AvgIpc) is 2.66. The van der Waals surface area contributed by atoms with E-state index in [4.69, 9.17) is 0 Å². The highest BCUT2D eigenvalue weighted by Gasteiger charge is 2.31. The number of hydrogen-bond acceptors (Lipinski definition) is 5. The fourth-order valence-corrected chi connectivity index (χ4v) is 3.66. The van der Waals surface area contributed by atoms with Crippen molar-refractivity contribution in [2.75, 3.05) is 11.9 Å². The third-order valence-corrected chi connectivity index (χ3v) is 5.08. The number of benzene rings is 1. The summed E-state index contributed by atoms with van der Waals surface area (Å²) in [6.07, 6.45) is 4.05. The zero-order chi connectivity index (χ0) is 18.3. The van der Waals surface area contributed by atoms with Gasteiger partial charge in [0.1, 0.15) is 5.65 Å². The van der Waals surface area contributed by atoms with Crippen molar-refractivity contribution >= 4 is 17.2 Å². The minimum atomic E-state index is -0.654. The van der Waals surface area contributed by atoms with E-state index in [1.165, 1.54) is 21.7 Å². The number of rotatable bonds is 3. The molecule has 3 aromatic rings. The van der Waals surface area contributed by atoms with Gasteiger partial charge in [0.25, 0.3) is 0 Å². The van der Waals surface area contributed by atoms with Gasteiger partial charge in [-0.3, -0.25) is 19.3 Å². The number of anilines is 1. The lowest BCUT2D eigenvalue weighted by atomic mass is 9.87. The molecule has 0 radical (unpaired) electrons. The first-order chi connectivity index (χ1) is 12.6. The maximum absolute atomic E-state index is 12.6. The van der Waals surface area contributed by atoms with Crippen LogP contribution in [0.2, 0.25) is 0 Å². The quantitative estimate of drug-likeness (QED) is 0.536. The van der Waals surface area contributed by atoms with Crippen molar-refractivity contribution in [3.05, 3.63) is 80.3 Å². The Hall–Kier alpha value is -3.22. The van der Waals surface area contributed by atoms with Gasteiger partial charge in [-0.25, -0.2) is 4.98 Å². The second-order valence-corrected chi connectivity index (χ2v) is 6.55. The van der Waals surface area contributed by atoms with Crippen LogP contribution in [0.25, 0.3) is 5.65 Å². The second-order valence-electron chi connectivity index (χ2n) is 6.55. The summed E-state index contributed by atoms with van der Waals surface area (Å²) in [5, 5.41) is 11.6. The first kappa shape index (κ1) is 16.3. The number of hydrogen-bond donors (Lipinski definition) is 0. The zero-order valence-corrected chi connectivity index (χ0v) is 14.3. The molecule has 26 heavy (non-hydrogen) atoms. The van der Waals surface area contributed by atoms with Crippen LogP contribution in [-0.4, -0.2) is 27.4 Å². The van der Waals surface area contributed by atoms with E-state index >= 15 is 0 Å². The summed E-state index contributed by atoms with van der Waals surface area (Å²) in [6.45, 7) is 0. The van der Waals surface area contributed by atoms with E-state index in [9.17, 15) is 14.9 Å². The summed E-state index contributed by atoms with van der Waals surface area (Å²) in [4.78, 5) is 29.8. The number of aryl methyl sites for hydroxylation is 1. The summed E-state index contributed by atoms with van der Waals surface area (Å²) >= 11 is 0. The number of nitro groups is 1. The molecule has 1 aliphatic carbocycles. The summed E-state index contributed by atoms with van der Waals surface area (Å²) < 4.78 is 1.21. The first-order valence-electron chi connectivity index (χ1n) is 8.51. The first-order valence-corrected chi connectivity index (χ1v) is 8.51. The van der Waals surface area contributed by atoms with Crippen LogP contribution in [0.5, 0.6) is 0 Å². The van der Waals surface area contributed by atoms with Gasteiger partial charge >= 0.3 is 11.2 Å². The number of likely N-dealkylation sites (N-methyl/N-ethyl adjacent to an activating group) is 1. The van der Waals surface area contributed by atoms with Crippen molar-refractivity contribution in [2.45, 2.75) is 25.3 Å². The van der Waals surface area contributed by atoms with Crippen molar-refractivity contribution in [1.82, 2.24) is 9.38 Å². The molecule has 0 N–H and O–H groups in total. The van der Waals surface area contributed by atoms with Crippen LogP contribution in [0.15, 0.2) is 53.5 Å². The van der Waals surface area contributed by atoms with E-state index in [2.05, 4.69) is 17.1 Å². The molecule has 2 aromatic heterocycles. The van der Waals surface area contributed by atoms with Gasteiger partial charge in [-0.05, 0) is 42.5 Å². The third kappa shape index (κ3) is 2.61. The van der Waals surface area contributed by atoms with Gasteiger partial charge < -0.3 is 4.90 Å². The molecule has 132 valence electrons. The minimum Gasteiger partial charge on any atom is -0.350 e. The third-order valence-electron chi connectivity index (χ3n) is 5.08. The van der Waals surface area contributed by atoms with Crippen molar-refractivity contribution in [3.63, 3.8) is 0 Å². The van der Waals surface area contributed by atoms with Gasteiger partial charge in [-0.2, -0.15) is 0 Å². The number of nitrogens with zero attached hydrogens (tertiary/aromatic N) is 4. The van der Waals surface area contributed by atoms with Crippen molar-refractivity contribution in [1.29, 1.82) is 0 Å². The standard InChI is InChI=1S/C19H18N4O3/c1-21(15-10-9-13-6-2-3-7-14(13)12-15)18-17(23(25)26)19(24)22-11-5-4-8-16(22)20-18/h2-8,11,15H,9-10,12H2,1H3. The van der Waals surface area contributed by atoms with Crippen LogP contribution in [0.1, 0.15) is 17.5 Å². The highest BCUT2D eigenvalue weighted by Crippen LogP contribution is 2.29. The molecule has 1 aromatic carbocycles. The molecule has 7 heteroatoms. The molecule has 0 spiro atoms. The van der Waals surface area contributed by atoms with E-state index in [0.29, 0.717) is 5.65 Å². The van der Waals surface area contributed by atoms with Crippen LogP contribution < -0.4 is 10.5 Å². The van der Waals surface area contributed by atoms with E-state index < -0.39 is 16.2 Å². The van der Waals surface area contributed by atoms with E-state index in [-0.39, 0.29) is 11.9 Å². The van der Waals surface area contributed by atoms with Crippen molar-refractivity contribution in [3.8, 4) is 0 Å². The van der Waals surface area contributed by atoms with Crippen LogP contribution >= 0.6 is 0 Å². The molecule has 2 heterocycles. The average molecular weight is 350 g/mol. The molecule has 1 unspecified atom stereocenters.